The minimum absolute atomic E-state index is 0.0215. The summed E-state index contributed by atoms with van der Waals surface area (Å²) in [6.45, 7) is 5.83. The Morgan fingerprint density at radius 2 is 2.18 bits per heavy atom. The summed E-state index contributed by atoms with van der Waals surface area (Å²) in [6, 6.07) is 7.66. The fourth-order valence-corrected chi connectivity index (χ4v) is 4.60. The first-order chi connectivity index (χ1) is 13.5. The smallest absolute Gasteiger partial charge is 0.238 e. The molecule has 2 aliphatic heterocycles. The lowest BCUT2D eigenvalue weighted by molar-refractivity contribution is -0.140. The number of hydrogen-bond donors (Lipinski definition) is 1. The van der Waals surface area contributed by atoms with Crippen LogP contribution in [-0.4, -0.2) is 62.5 Å². The van der Waals surface area contributed by atoms with E-state index in [1.807, 2.05) is 42.8 Å². The van der Waals surface area contributed by atoms with Gasteiger partial charge in [-0.05, 0) is 26.0 Å². The molecule has 1 N–H and O–H groups in total. The van der Waals surface area contributed by atoms with E-state index in [9.17, 15) is 9.59 Å². The average molecular weight is 401 g/mol. The number of carbonyl (C=O) groups is 2. The van der Waals surface area contributed by atoms with Crippen LogP contribution in [0.3, 0.4) is 0 Å². The summed E-state index contributed by atoms with van der Waals surface area (Å²) < 4.78 is 7.63. The highest BCUT2D eigenvalue weighted by molar-refractivity contribution is 8.01. The molecule has 8 nitrogen and oxygen atoms in total. The van der Waals surface area contributed by atoms with Gasteiger partial charge in [-0.25, -0.2) is 9.67 Å². The highest BCUT2D eigenvalue weighted by Crippen LogP contribution is 2.36. The van der Waals surface area contributed by atoms with Crippen molar-refractivity contribution in [3.05, 3.63) is 35.9 Å². The molecule has 0 unspecified atom stereocenters. The third-order valence-electron chi connectivity index (χ3n) is 4.90. The number of nitrogens with zero attached hydrogens (tertiary/aromatic N) is 4. The Hall–Kier alpha value is -2.39. The van der Waals surface area contributed by atoms with Crippen molar-refractivity contribution in [3.63, 3.8) is 0 Å². The van der Waals surface area contributed by atoms with Crippen molar-refractivity contribution < 1.29 is 14.3 Å². The summed E-state index contributed by atoms with van der Waals surface area (Å²) in [5.74, 6) is 1.42. The molecule has 2 atom stereocenters. The molecule has 4 rings (SSSR count). The number of anilines is 1. The predicted octanol–water partition coefficient (Wildman–Crippen LogP) is 1.63. The number of thioether (sulfide) groups is 1. The third-order valence-corrected chi connectivity index (χ3v) is 6.17. The molecule has 0 radical (unpaired) electrons. The number of benzene rings is 1. The quantitative estimate of drug-likeness (QED) is 0.838. The van der Waals surface area contributed by atoms with Crippen LogP contribution in [0.25, 0.3) is 0 Å². The van der Waals surface area contributed by atoms with Crippen molar-refractivity contribution >= 4 is 29.3 Å². The van der Waals surface area contributed by atoms with Crippen LogP contribution in [0.15, 0.2) is 29.2 Å². The van der Waals surface area contributed by atoms with Gasteiger partial charge in [-0.2, -0.15) is 5.10 Å². The molecule has 1 saturated heterocycles. The monoisotopic (exact) mass is 401 g/mol. The first-order valence-electron chi connectivity index (χ1n) is 9.33. The number of morpholine rings is 1. The number of ether oxygens (including phenoxy) is 1. The van der Waals surface area contributed by atoms with Gasteiger partial charge in [-0.1, -0.05) is 12.1 Å². The maximum absolute atomic E-state index is 12.8. The van der Waals surface area contributed by atoms with E-state index < -0.39 is 5.25 Å². The number of aromatic nitrogens is 3. The van der Waals surface area contributed by atoms with Gasteiger partial charge in [0.25, 0.3) is 0 Å². The van der Waals surface area contributed by atoms with Crippen LogP contribution in [0.5, 0.6) is 0 Å². The van der Waals surface area contributed by atoms with E-state index in [1.54, 1.807) is 4.90 Å². The van der Waals surface area contributed by atoms with E-state index in [4.69, 9.17) is 4.74 Å². The molecule has 0 aliphatic carbocycles. The van der Waals surface area contributed by atoms with E-state index in [0.717, 1.165) is 22.2 Å². The fourth-order valence-electron chi connectivity index (χ4n) is 3.50. The van der Waals surface area contributed by atoms with Crippen LogP contribution in [0.2, 0.25) is 0 Å². The summed E-state index contributed by atoms with van der Waals surface area (Å²) >= 11 is 1.45. The van der Waals surface area contributed by atoms with E-state index >= 15 is 0 Å². The lowest BCUT2D eigenvalue weighted by Crippen LogP contribution is -2.48. The van der Waals surface area contributed by atoms with Gasteiger partial charge in [0.05, 0.1) is 30.2 Å². The predicted molar refractivity (Wildman–Crippen MR) is 105 cm³/mol. The maximum Gasteiger partial charge on any atom is 0.238 e. The van der Waals surface area contributed by atoms with E-state index in [1.165, 1.54) is 11.8 Å². The largest absolute Gasteiger partial charge is 0.373 e. The summed E-state index contributed by atoms with van der Waals surface area (Å²) in [7, 11) is 0. The molecule has 1 aromatic carbocycles. The van der Waals surface area contributed by atoms with Crippen LogP contribution in [-0.2, 0) is 20.9 Å². The molecule has 3 heterocycles. The first kappa shape index (κ1) is 18.9. The van der Waals surface area contributed by atoms with Crippen LogP contribution >= 0.6 is 11.8 Å². The standard InChI is InChI=1S/C19H23N5O3S/c1-12-20-13(2)24(22-12)11-14-10-23(7-8-27-14)18(25)9-17-19(26)21-15-5-3-4-6-16(15)28-17/h3-6,14,17H,7-11H2,1-2H3,(H,21,26)/t14-,17-/m0/s1. The Labute approximate surface area is 167 Å². The highest BCUT2D eigenvalue weighted by atomic mass is 32.2. The summed E-state index contributed by atoms with van der Waals surface area (Å²) in [6.07, 6.45) is 0.0463. The molecule has 2 aliphatic rings. The molecule has 9 heteroatoms. The van der Waals surface area contributed by atoms with Crippen LogP contribution < -0.4 is 5.32 Å². The van der Waals surface area contributed by atoms with E-state index in [2.05, 4.69) is 15.4 Å². The number of carbonyl (C=O) groups excluding carboxylic acids is 2. The van der Waals surface area contributed by atoms with Crippen molar-refractivity contribution in [2.24, 2.45) is 0 Å². The summed E-state index contributed by atoms with van der Waals surface area (Å²) in [4.78, 5) is 32.3. The lowest BCUT2D eigenvalue weighted by Gasteiger charge is -2.34. The van der Waals surface area contributed by atoms with Crippen LogP contribution in [0.4, 0.5) is 5.69 Å². The van der Waals surface area contributed by atoms with Gasteiger partial charge in [0.1, 0.15) is 11.6 Å². The maximum atomic E-state index is 12.8. The number of fused-ring (bicyclic) bond motifs is 1. The van der Waals surface area contributed by atoms with Gasteiger partial charge in [-0.15, -0.1) is 11.8 Å². The average Bonchev–Trinajstić information content (AvgIpc) is 2.99. The minimum Gasteiger partial charge on any atom is -0.373 e. The number of para-hydroxylation sites is 1. The second-order valence-electron chi connectivity index (χ2n) is 7.02. The van der Waals surface area contributed by atoms with Gasteiger partial charge >= 0.3 is 0 Å². The molecule has 1 fully saturated rings. The van der Waals surface area contributed by atoms with Gasteiger partial charge in [0, 0.05) is 24.4 Å². The molecule has 0 spiro atoms. The Bertz CT molecular complexity index is 899. The second kappa shape index (κ2) is 7.92. The Morgan fingerprint density at radius 3 is 2.96 bits per heavy atom. The zero-order chi connectivity index (χ0) is 19.7. The molecule has 28 heavy (non-hydrogen) atoms. The normalized spacial score (nSPS) is 21.9. The number of aryl methyl sites for hydroxylation is 2. The highest BCUT2D eigenvalue weighted by Gasteiger charge is 2.32. The van der Waals surface area contributed by atoms with Crippen molar-refractivity contribution in [1.82, 2.24) is 19.7 Å². The van der Waals surface area contributed by atoms with Crippen molar-refractivity contribution in [2.75, 3.05) is 25.0 Å². The number of nitrogens with one attached hydrogen (secondary N) is 1. The zero-order valence-electron chi connectivity index (χ0n) is 15.9. The molecular formula is C19H23N5O3S. The lowest BCUT2D eigenvalue weighted by atomic mass is 10.2. The van der Waals surface area contributed by atoms with Gasteiger partial charge < -0.3 is 15.0 Å². The summed E-state index contributed by atoms with van der Waals surface area (Å²) in [5, 5.41) is 6.85. The number of amides is 2. The van der Waals surface area contributed by atoms with Gasteiger partial charge in [-0.3, -0.25) is 9.59 Å². The Balaban J connectivity index is 1.37. The Kier molecular flexibility index (Phi) is 5.36. The first-order valence-corrected chi connectivity index (χ1v) is 10.2. The zero-order valence-corrected chi connectivity index (χ0v) is 16.7. The van der Waals surface area contributed by atoms with Crippen molar-refractivity contribution in [1.29, 1.82) is 0 Å². The molecule has 148 valence electrons. The Morgan fingerprint density at radius 1 is 1.36 bits per heavy atom. The third kappa shape index (κ3) is 4.05. The van der Waals surface area contributed by atoms with Crippen molar-refractivity contribution in [3.8, 4) is 0 Å². The molecule has 0 bridgehead atoms. The minimum atomic E-state index is -0.413. The molecule has 2 amide bonds. The molecular weight excluding hydrogens is 378 g/mol. The second-order valence-corrected chi connectivity index (χ2v) is 8.26. The topological polar surface area (TPSA) is 89.4 Å². The molecule has 1 aromatic heterocycles. The van der Waals surface area contributed by atoms with Gasteiger partial charge in [0.15, 0.2) is 0 Å². The fraction of sp³-hybridized carbons (Fsp3) is 0.474. The van der Waals surface area contributed by atoms with E-state index in [0.29, 0.717) is 26.2 Å². The van der Waals surface area contributed by atoms with Gasteiger partial charge in [0.2, 0.25) is 11.8 Å². The number of hydrogen-bond acceptors (Lipinski definition) is 6. The SMILES string of the molecule is Cc1nc(C)n(C[C@@H]2CN(C(=O)C[C@@H]3Sc4ccccc4NC3=O)CCO2)n1. The number of rotatable bonds is 4. The molecule has 2 aromatic rings. The van der Waals surface area contributed by atoms with Crippen LogP contribution in [0.1, 0.15) is 18.1 Å². The van der Waals surface area contributed by atoms with E-state index in [-0.39, 0.29) is 24.3 Å². The van der Waals surface area contributed by atoms with Crippen LogP contribution in [0, 0.1) is 13.8 Å². The molecule has 0 saturated carbocycles. The van der Waals surface area contributed by atoms with Crippen molar-refractivity contribution in [2.45, 2.75) is 43.1 Å². The summed E-state index contributed by atoms with van der Waals surface area (Å²) in [5.41, 5.74) is 0.811.